The second kappa shape index (κ2) is 11.2. The number of hydrogen-bond donors (Lipinski definition) is 1. The van der Waals surface area contributed by atoms with Crippen LogP contribution in [-0.2, 0) is 16.6 Å². The van der Waals surface area contributed by atoms with E-state index in [0.29, 0.717) is 11.3 Å². The number of carbonyl (C=O) groups excluding carboxylic acids is 1. The third-order valence-electron chi connectivity index (χ3n) is 6.18. The fourth-order valence-corrected chi connectivity index (χ4v) is 5.69. The molecule has 5 nitrogen and oxygen atoms in total. The first kappa shape index (κ1) is 25.0. The Morgan fingerprint density at radius 3 is 1.84 bits per heavy atom. The van der Waals surface area contributed by atoms with Crippen LogP contribution in [0.5, 0.6) is 0 Å². The van der Waals surface area contributed by atoms with Crippen LogP contribution in [0.3, 0.4) is 0 Å². The van der Waals surface area contributed by atoms with Gasteiger partial charge in [-0.25, -0.2) is 8.42 Å². The van der Waals surface area contributed by atoms with Gasteiger partial charge in [-0.3, -0.25) is 9.10 Å². The summed E-state index contributed by atoms with van der Waals surface area (Å²) in [5, 5.41) is 3.01. The van der Waals surface area contributed by atoms with Crippen molar-refractivity contribution in [3.05, 3.63) is 151 Å². The molecule has 0 aliphatic heterocycles. The predicted octanol–water partition coefficient (Wildman–Crippen LogP) is 7.00. The van der Waals surface area contributed by atoms with Crippen LogP contribution in [-0.4, -0.2) is 14.3 Å². The zero-order chi connectivity index (χ0) is 26.4. The summed E-state index contributed by atoms with van der Waals surface area (Å²) < 4.78 is 28.4. The molecule has 0 aliphatic carbocycles. The molecule has 1 N–H and O–H groups in total. The summed E-state index contributed by atoms with van der Waals surface area (Å²) in [5.74, 6) is -0.239. The molecule has 0 fully saturated rings. The lowest BCUT2D eigenvalue weighted by Crippen LogP contribution is -2.30. The number of carbonyl (C=O) groups is 1. The lowest BCUT2D eigenvalue weighted by atomic mass is 10.0. The molecule has 0 spiro atoms. The molecule has 0 atom stereocenters. The van der Waals surface area contributed by atoms with Crippen molar-refractivity contribution in [2.24, 2.45) is 0 Å². The second-order valence-electron chi connectivity index (χ2n) is 8.72. The summed E-state index contributed by atoms with van der Waals surface area (Å²) in [4.78, 5) is 13.3. The molecule has 0 aromatic heterocycles. The van der Waals surface area contributed by atoms with Crippen LogP contribution < -0.4 is 9.62 Å². The van der Waals surface area contributed by atoms with Crippen molar-refractivity contribution < 1.29 is 13.2 Å². The van der Waals surface area contributed by atoms with Gasteiger partial charge < -0.3 is 5.32 Å². The second-order valence-corrected chi connectivity index (χ2v) is 10.6. The van der Waals surface area contributed by atoms with E-state index in [1.165, 1.54) is 4.31 Å². The zero-order valence-electron chi connectivity index (χ0n) is 20.6. The van der Waals surface area contributed by atoms with Crippen LogP contribution in [0.1, 0.15) is 15.9 Å². The van der Waals surface area contributed by atoms with Crippen molar-refractivity contribution in [1.82, 2.24) is 0 Å². The molecule has 188 valence electrons. The maximum Gasteiger partial charge on any atom is 0.264 e. The molecular weight excluding hydrogens is 492 g/mol. The van der Waals surface area contributed by atoms with Gasteiger partial charge >= 0.3 is 0 Å². The highest BCUT2D eigenvalue weighted by molar-refractivity contribution is 7.92. The van der Waals surface area contributed by atoms with Gasteiger partial charge in [-0.15, -0.1) is 0 Å². The van der Waals surface area contributed by atoms with Crippen LogP contribution in [0, 0.1) is 0 Å². The molecule has 0 aliphatic rings. The van der Waals surface area contributed by atoms with E-state index in [1.807, 2.05) is 72.8 Å². The van der Waals surface area contributed by atoms with Gasteiger partial charge in [0.15, 0.2) is 0 Å². The van der Waals surface area contributed by atoms with Crippen LogP contribution in [0.25, 0.3) is 11.1 Å². The largest absolute Gasteiger partial charge is 0.321 e. The number of amides is 1. The van der Waals surface area contributed by atoms with Gasteiger partial charge in [0.2, 0.25) is 0 Å². The van der Waals surface area contributed by atoms with Gasteiger partial charge in [-0.1, -0.05) is 97.1 Å². The predicted molar refractivity (Wildman–Crippen MR) is 153 cm³/mol. The van der Waals surface area contributed by atoms with E-state index in [1.54, 1.807) is 66.7 Å². The maximum absolute atomic E-state index is 13.5. The lowest BCUT2D eigenvalue weighted by molar-refractivity contribution is 0.102. The van der Waals surface area contributed by atoms with Crippen molar-refractivity contribution in [3.63, 3.8) is 0 Å². The summed E-state index contributed by atoms with van der Waals surface area (Å²) in [6.45, 7) is 0.125. The van der Waals surface area contributed by atoms with E-state index in [2.05, 4.69) is 5.32 Å². The smallest absolute Gasteiger partial charge is 0.264 e. The molecule has 0 bridgehead atoms. The average molecular weight is 519 g/mol. The third kappa shape index (κ3) is 5.51. The molecule has 6 heteroatoms. The summed E-state index contributed by atoms with van der Waals surface area (Å²) in [7, 11) is -3.80. The average Bonchev–Trinajstić information content (AvgIpc) is 2.98. The molecule has 0 unspecified atom stereocenters. The van der Waals surface area contributed by atoms with Crippen molar-refractivity contribution in [2.45, 2.75) is 11.4 Å². The normalized spacial score (nSPS) is 11.1. The van der Waals surface area contributed by atoms with E-state index in [9.17, 15) is 13.2 Å². The summed E-state index contributed by atoms with van der Waals surface area (Å²) >= 11 is 0. The zero-order valence-corrected chi connectivity index (χ0v) is 21.4. The van der Waals surface area contributed by atoms with Gasteiger partial charge in [-0.2, -0.15) is 0 Å². The Balaban J connectivity index is 1.38. The first-order valence-corrected chi connectivity index (χ1v) is 13.6. The lowest BCUT2D eigenvalue weighted by Gasteiger charge is -2.25. The minimum absolute atomic E-state index is 0.125. The van der Waals surface area contributed by atoms with Crippen LogP contribution >= 0.6 is 0 Å². The Labute approximate surface area is 223 Å². The van der Waals surface area contributed by atoms with Crippen LogP contribution in [0.15, 0.2) is 144 Å². The van der Waals surface area contributed by atoms with Gasteiger partial charge in [0.25, 0.3) is 15.9 Å². The van der Waals surface area contributed by atoms with Gasteiger partial charge in [0.05, 0.1) is 17.1 Å². The Morgan fingerprint density at radius 1 is 0.632 bits per heavy atom. The Morgan fingerprint density at radius 2 is 1.18 bits per heavy atom. The minimum atomic E-state index is -3.80. The van der Waals surface area contributed by atoms with Crippen molar-refractivity contribution in [1.29, 1.82) is 0 Å². The number of benzene rings is 5. The van der Waals surface area contributed by atoms with Crippen LogP contribution in [0.4, 0.5) is 11.4 Å². The highest BCUT2D eigenvalue weighted by Crippen LogP contribution is 2.29. The Bertz CT molecular complexity index is 1620. The first-order chi connectivity index (χ1) is 18.5. The fraction of sp³-hybridized carbons (Fsp3) is 0.0312. The van der Waals surface area contributed by atoms with Crippen molar-refractivity contribution in [2.75, 3.05) is 9.62 Å². The Kier molecular flexibility index (Phi) is 7.33. The summed E-state index contributed by atoms with van der Waals surface area (Å²) in [6.07, 6.45) is 0. The molecule has 5 aromatic carbocycles. The summed E-state index contributed by atoms with van der Waals surface area (Å²) in [5.41, 5.74) is 4.47. The number of nitrogens with zero attached hydrogens (tertiary/aromatic N) is 1. The molecule has 0 saturated carbocycles. The highest BCUT2D eigenvalue weighted by Gasteiger charge is 2.25. The molecule has 0 saturated heterocycles. The fourth-order valence-electron chi connectivity index (χ4n) is 4.21. The molecule has 0 heterocycles. The standard InChI is InChI=1S/C32H26N2O3S/c35-32(33-31-19-11-10-18-30(31)26-12-4-1-5-13-26)27-22-20-25(21-23-27)24-34(28-14-6-2-7-15-28)38(36,37)29-16-8-3-9-17-29/h1-23H,24H2,(H,33,35). The number of para-hydroxylation sites is 2. The summed E-state index contributed by atoms with van der Waals surface area (Å²) in [6, 6.07) is 41.9. The van der Waals surface area contributed by atoms with Crippen LogP contribution in [0.2, 0.25) is 0 Å². The Hall–Kier alpha value is -4.68. The number of nitrogens with one attached hydrogen (secondary N) is 1. The number of anilines is 2. The molecular formula is C32H26N2O3S. The molecule has 0 radical (unpaired) electrons. The first-order valence-electron chi connectivity index (χ1n) is 12.2. The van der Waals surface area contributed by atoms with Gasteiger partial charge in [0, 0.05) is 16.8 Å². The van der Waals surface area contributed by atoms with E-state index >= 15 is 0 Å². The van der Waals surface area contributed by atoms with Gasteiger partial charge in [-0.05, 0) is 53.6 Å². The number of rotatable bonds is 8. The quantitative estimate of drug-likeness (QED) is 0.240. The maximum atomic E-state index is 13.5. The SMILES string of the molecule is O=C(Nc1ccccc1-c1ccccc1)c1ccc(CN(c2ccccc2)S(=O)(=O)c2ccccc2)cc1. The topological polar surface area (TPSA) is 66.5 Å². The molecule has 5 aromatic rings. The van der Waals surface area contributed by atoms with E-state index in [-0.39, 0.29) is 17.3 Å². The molecule has 38 heavy (non-hydrogen) atoms. The monoisotopic (exact) mass is 518 g/mol. The van der Waals surface area contributed by atoms with Gasteiger partial charge in [0.1, 0.15) is 0 Å². The number of hydrogen-bond acceptors (Lipinski definition) is 3. The highest BCUT2D eigenvalue weighted by atomic mass is 32.2. The van der Waals surface area contributed by atoms with Crippen molar-refractivity contribution >= 4 is 27.3 Å². The van der Waals surface area contributed by atoms with E-state index in [0.717, 1.165) is 22.4 Å². The number of sulfonamides is 1. The van der Waals surface area contributed by atoms with Crippen molar-refractivity contribution in [3.8, 4) is 11.1 Å². The molecule has 1 amide bonds. The third-order valence-corrected chi connectivity index (χ3v) is 7.97. The minimum Gasteiger partial charge on any atom is -0.321 e. The molecule has 5 rings (SSSR count). The van der Waals surface area contributed by atoms with E-state index < -0.39 is 10.0 Å². The van der Waals surface area contributed by atoms with E-state index in [4.69, 9.17) is 0 Å².